The molecule has 1 aliphatic carbocycles. The van der Waals surface area contributed by atoms with Crippen LogP contribution in [0.4, 0.5) is 0 Å². The van der Waals surface area contributed by atoms with E-state index >= 15 is 0 Å². The zero-order chi connectivity index (χ0) is 13.7. The largest absolute Gasteiger partial charge is 0.466 e. The molecule has 0 saturated heterocycles. The number of fused-ring (bicyclic) bond motifs is 1. The van der Waals surface area contributed by atoms with Gasteiger partial charge >= 0.3 is 5.97 Å². The Balaban J connectivity index is 1.71. The number of esters is 1. The highest BCUT2D eigenvalue weighted by Gasteiger charge is 2.18. The van der Waals surface area contributed by atoms with E-state index in [2.05, 4.69) is 5.32 Å². The first-order chi connectivity index (χ1) is 9.20. The van der Waals surface area contributed by atoms with Gasteiger partial charge in [0.2, 0.25) is 0 Å². The molecule has 104 valence electrons. The Labute approximate surface area is 117 Å². The lowest BCUT2D eigenvalue weighted by atomic mass is 10.2. The van der Waals surface area contributed by atoms with E-state index in [-0.39, 0.29) is 11.9 Å². The maximum absolute atomic E-state index is 11.9. The molecule has 0 atom stereocenters. The van der Waals surface area contributed by atoms with E-state index < -0.39 is 0 Å². The highest BCUT2D eigenvalue weighted by Crippen LogP contribution is 2.30. The topological polar surface area (TPSA) is 55.4 Å². The second-order valence-electron chi connectivity index (χ2n) is 4.58. The number of hydrogen-bond acceptors (Lipinski definition) is 4. The summed E-state index contributed by atoms with van der Waals surface area (Å²) in [6, 6.07) is 2.01. The van der Waals surface area contributed by atoms with Crippen molar-refractivity contribution in [3.8, 4) is 0 Å². The smallest absolute Gasteiger partial charge is 0.305 e. The number of carbonyl (C=O) groups excluding carboxylic acids is 2. The summed E-state index contributed by atoms with van der Waals surface area (Å²) in [6.07, 6.45) is 4.39. The average Bonchev–Trinajstić information content (AvgIpc) is 2.95. The van der Waals surface area contributed by atoms with Crippen molar-refractivity contribution in [2.75, 3.05) is 13.2 Å². The molecule has 4 nitrogen and oxygen atoms in total. The first-order valence-corrected chi connectivity index (χ1v) is 7.57. The minimum absolute atomic E-state index is 0.0248. The molecule has 1 amide bonds. The number of ether oxygens (including phenoxy) is 1. The molecule has 5 heteroatoms. The minimum atomic E-state index is -0.202. The summed E-state index contributed by atoms with van der Waals surface area (Å²) < 4.78 is 4.83. The van der Waals surface area contributed by atoms with Gasteiger partial charge < -0.3 is 10.1 Å². The zero-order valence-corrected chi connectivity index (χ0v) is 12.0. The van der Waals surface area contributed by atoms with Crippen LogP contribution in [0.3, 0.4) is 0 Å². The summed E-state index contributed by atoms with van der Waals surface area (Å²) in [5.41, 5.74) is 1.33. The number of aryl methyl sites for hydroxylation is 2. The first-order valence-electron chi connectivity index (χ1n) is 6.76. The predicted molar refractivity (Wildman–Crippen MR) is 74.5 cm³/mol. The van der Waals surface area contributed by atoms with Gasteiger partial charge in [-0.05, 0) is 44.2 Å². The fourth-order valence-corrected chi connectivity index (χ4v) is 3.37. The summed E-state index contributed by atoms with van der Waals surface area (Å²) >= 11 is 1.60. The maximum Gasteiger partial charge on any atom is 0.305 e. The molecule has 0 fully saturated rings. The van der Waals surface area contributed by atoms with Crippen LogP contribution in [-0.2, 0) is 22.4 Å². The monoisotopic (exact) mass is 281 g/mol. The Morgan fingerprint density at radius 2 is 2.26 bits per heavy atom. The quantitative estimate of drug-likeness (QED) is 0.643. The third kappa shape index (κ3) is 3.80. The van der Waals surface area contributed by atoms with Crippen LogP contribution >= 0.6 is 11.3 Å². The Morgan fingerprint density at radius 1 is 1.42 bits per heavy atom. The number of hydrogen-bond donors (Lipinski definition) is 1. The van der Waals surface area contributed by atoms with E-state index in [9.17, 15) is 9.59 Å². The Morgan fingerprint density at radius 3 is 3.00 bits per heavy atom. The number of thiophene rings is 1. The predicted octanol–water partition coefficient (Wildman–Crippen LogP) is 2.31. The lowest BCUT2D eigenvalue weighted by molar-refractivity contribution is -0.143. The molecule has 1 aromatic heterocycles. The molecule has 2 rings (SSSR count). The van der Waals surface area contributed by atoms with Crippen molar-refractivity contribution in [2.45, 2.75) is 39.0 Å². The summed E-state index contributed by atoms with van der Waals surface area (Å²) in [4.78, 5) is 25.2. The SMILES string of the molecule is CCOC(=O)CCCNC(=O)c1cc2c(s1)CCC2. The van der Waals surface area contributed by atoms with Gasteiger partial charge in [0.05, 0.1) is 11.5 Å². The third-order valence-electron chi connectivity index (χ3n) is 3.12. The molecule has 0 spiro atoms. The molecule has 1 aliphatic rings. The van der Waals surface area contributed by atoms with Gasteiger partial charge in [0, 0.05) is 17.8 Å². The Kier molecular flexibility index (Phi) is 4.96. The first kappa shape index (κ1) is 14.1. The summed E-state index contributed by atoms with van der Waals surface area (Å²) in [5, 5.41) is 2.85. The third-order valence-corrected chi connectivity index (χ3v) is 4.35. The van der Waals surface area contributed by atoms with Crippen LogP contribution in [0.5, 0.6) is 0 Å². The van der Waals surface area contributed by atoms with Gasteiger partial charge in [0.1, 0.15) is 0 Å². The summed E-state index contributed by atoms with van der Waals surface area (Å²) in [5.74, 6) is -0.227. The number of rotatable bonds is 6. The molecule has 0 aromatic carbocycles. The molecule has 0 saturated carbocycles. The van der Waals surface area contributed by atoms with Gasteiger partial charge in [-0.2, -0.15) is 0 Å². The number of nitrogens with one attached hydrogen (secondary N) is 1. The van der Waals surface area contributed by atoms with Gasteiger partial charge in [-0.15, -0.1) is 11.3 Å². The van der Waals surface area contributed by atoms with Gasteiger partial charge in [-0.1, -0.05) is 0 Å². The number of carbonyl (C=O) groups is 2. The highest BCUT2D eigenvalue weighted by molar-refractivity contribution is 7.14. The Hall–Kier alpha value is -1.36. The highest BCUT2D eigenvalue weighted by atomic mass is 32.1. The van der Waals surface area contributed by atoms with Crippen LogP contribution in [0.2, 0.25) is 0 Å². The molecular formula is C14H19NO3S. The second kappa shape index (κ2) is 6.70. The molecule has 1 N–H and O–H groups in total. The van der Waals surface area contributed by atoms with Crippen molar-refractivity contribution in [3.05, 3.63) is 21.4 Å². The normalized spacial score (nSPS) is 13.1. The van der Waals surface area contributed by atoms with Crippen molar-refractivity contribution in [3.63, 3.8) is 0 Å². The van der Waals surface area contributed by atoms with Gasteiger partial charge in [0.15, 0.2) is 0 Å². The van der Waals surface area contributed by atoms with Gasteiger partial charge in [-0.25, -0.2) is 0 Å². The van der Waals surface area contributed by atoms with Crippen molar-refractivity contribution in [1.29, 1.82) is 0 Å². The van der Waals surface area contributed by atoms with E-state index in [0.717, 1.165) is 17.7 Å². The molecule has 0 aliphatic heterocycles. The van der Waals surface area contributed by atoms with Crippen LogP contribution in [0.1, 0.15) is 46.3 Å². The van der Waals surface area contributed by atoms with Crippen LogP contribution in [0, 0.1) is 0 Å². The lowest BCUT2D eigenvalue weighted by Gasteiger charge is -2.03. The zero-order valence-electron chi connectivity index (χ0n) is 11.2. The Bertz CT molecular complexity index is 446. The standard InChI is InChI=1S/C14H19NO3S/c1-2-18-13(16)7-4-8-15-14(17)12-9-10-5-3-6-11(10)19-12/h9H,2-8H2,1H3,(H,15,17). The fourth-order valence-electron chi connectivity index (χ4n) is 2.20. The second-order valence-corrected chi connectivity index (χ2v) is 5.71. The van der Waals surface area contributed by atoms with E-state index in [4.69, 9.17) is 4.74 Å². The minimum Gasteiger partial charge on any atom is -0.466 e. The van der Waals surface area contributed by atoms with Crippen molar-refractivity contribution >= 4 is 23.2 Å². The van der Waals surface area contributed by atoms with Crippen LogP contribution < -0.4 is 5.32 Å². The average molecular weight is 281 g/mol. The van der Waals surface area contributed by atoms with Crippen LogP contribution in [0.25, 0.3) is 0 Å². The molecule has 0 bridgehead atoms. The van der Waals surface area contributed by atoms with Gasteiger partial charge in [0.25, 0.3) is 5.91 Å². The van der Waals surface area contributed by atoms with Crippen LogP contribution in [0.15, 0.2) is 6.07 Å². The molecular weight excluding hydrogens is 262 g/mol. The summed E-state index contributed by atoms with van der Waals surface area (Å²) in [6.45, 7) is 2.71. The van der Waals surface area contributed by atoms with E-state index in [1.165, 1.54) is 16.9 Å². The lowest BCUT2D eigenvalue weighted by Crippen LogP contribution is -2.24. The molecule has 0 radical (unpaired) electrons. The molecule has 0 unspecified atom stereocenters. The fraction of sp³-hybridized carbons (Fsp3) is 0.571. The molecule has 1 aromatic rings. The van der Waals surface area contributed by atoms with Crippen molar-refractivity contribution in [1.82, 2.24) is 5.32 Å². The molecule has 1 heterocycles. The molecule has 19 heavy (non-hydrogen) atoms. The van der Waals surface area contributed by atoms with Crippen molar-refractivity contribution < 1.29 is 14.3 Å². The summed E-state index contributed by atoms with van der Waals surface area (Å²) in [7, 11) is 0. The van der Waals surface area contributed by atoms with Gasteiger partial charge in [-0.3, -0.25) is 9.59 Å². The van der Waals surface area contributed by atoms with E-state index in [0.29, 0.717) is 26.0 Å². The van der Waals surface area contributed by atoms with E-state index in [1.54, 1.807) is 18.3 Å². The van der Waals surface area contributed by atoms with Crippen molar-refractivity contribution in [2.24, 2.45) is 0 Å². The maximum atomic E-state index is 11.9. The van der Waals surface area contributed by atoms with E-state index in [1.807, 2.05) is 6.07 Å². The number of amides is 1. The van der Waals surface area contributed by atoms with Crippen LogP contribution in [-0.4, -0.2) is 25.0 Å².